The van der Waals surface area contributed by atoms with E-state index >= 15 is 0 Å². The molecule has 0 aromatic heterocycles. The Bertz CT molecular complexity index is 834. The van der Waals surface area contributed by atoms with Crippen molar-refractivity contribution >= 4 is 23.3 Å². The summed E-state index contributed by atoms with van der Waals surface area (Å²) in [7, 11) is 0. The van der Waals surface area contributed by atoms with E-state index in [1.165, 1.54) is 0 Å². The third kappa shape index (κ3) is 3.95. The van der Waals surface area contributed by atoms with Crippen LogP contribution in [0.4, 0.5) is 0 Å². The molecule has 3 atom stereocenters. The number of ether oxygens (including phenoxy) is 2. The quantitative estimate of drug-likeness (QED) is 0.641. The second-order valence-corrected chi connectivity index (χ2v) is 8.82. The number of carbonyl (C=O) groups excluding carboxylic acids is 2. The molecule has 2 aliphatic heterocycles. The van der Waals surface area contributed by atoms with Gasteiger partial charge in [0.2, 0.25) is 0 Å². The van der Waals surface area contributed by atoms with Gasteiger partial charge in [-0.05, 0) is 57.2 Å². The van der Waals surface area contributed by atoms with Gasteiger partial charge in [-0.1, -0.05) is 30.2 Å². The Labute approximate surface area is 177 Å². The predicted octanol–water partition coefficient (Wildman–Crippen LogP) is 4.45. The summed E-state index contributed by atoms with van der Waals surface area (Å²) < 4.78 is 11.8. The standard InChI is InChI=1S/C23H28ClNO4/c1-14(2)28-12-6-11-25-20(15-7-5-8-16(24)13-15)19-21(26)17-9-3-4-10-18(17)29-22(19)23(25)27/h5,7-8,13-14,17-18,20H,3-4,6,9-12H2,1-2H3. The number of amides is 1. The van der Waals surface area contributed by atoms with Crippen molar-refractivity contribution in [2.24, 2.45) is 5.92 Å². The monoisotopic (exact) mass is 417 g/mol. The molecule has 1 saturated carbocycles. The molecular formula is C23H28ClNO4. The summed E-state index contributed by atoms with van der Waals surface area (Å²) in [5.74, 6) is 0.0104. The molecule has 1 aliphatic carbocycles. The Morgan fingerprint density at radius 2 is 2.03 bits per heavy atom. The first-order chi connectivity index (χ1) is 14.0. The molecule has 1 amide bonds. The molecule has 29 heavy (non-hydrogen) atoms. The Morgan fingerprint density at radius 3 is 2.79 bits per heavy atom. The van der Waals surface area contributed by atoms with Gasteiger partial charge in [-0.15, -0.1) is 0 Å². The zero-order chi connectivity index (χ0) is 20.5. The summed E-state index contributed by atoms with van der Waals surface area (Å²) in [6, 6.07) is 6.99. The molecule has 1 aromatic rings. The minimum atomic E-state index is -0.439. The summed E-state index contributed by atoms with van der Waals surface area (Å²) >= 11 is 6.24. The van der Waals surface area contributed by atoms with Gasteiger partial charge in [-0.3, -0.25) is 9.59 Å². The Hall–Kier alpha value is -1.85. The van der Waals surface area contributed by atoms with Crippen molar-refractivity contribution in [3.8, 4) is 0 Å². The van der Waals surface area contributed by atoms with E-state index < -0.39 is 6.04 Å². The number of rotatable bonds is 6. The van der Waals surface area contributed by atoms with Crippen LogP contribution in [0.25, 0.3) is 0 Å². The number of nitrogens with zero attached hydrogens (tertiary/aromatic N) is 1. The van der Waals surface area contributed by atoms with Crippen LogP contribution in [0.5, 0.6) is 0 Å². The maximum Gasteiger partial charge on any atom is 0.290 e. The summed E-state index contributed by atoms with van der Waals surface area (Å²) in [5.41, 5.74) is 1.37. The lowest BCUT2D eigenvalue weighted by Gasteiger charge is -2.35. The van der Waals surface area contributed by atoms with Crippen molar-refractivity contribution in [1.82, 2.24) is 4.90 Å². The van der Waals surface area contributed by atoms with Gasteiger partial charge >= 0.3 is 0 Å². The molecule has 2 heterocycles. The fraction of sp³-hybridized carbons (Fsp3) is 0.565. The van der Waals surface area contributed by atoms with Crippen molar-refractivity contribution in [2.45, 2.75) is 64.2 Å². The van der Waals surface area contributed by atoms with E-state index in [9.17, 15) is 9.59 Å². The number of hydrogen-bond acceptors (Lipinski definition) is 4. The lowest BCUT2D eigenvalue weighted by atomic mass is 9.77. The van der Waals surface area contributed by atoms with Crippen LogP contribution in [0.2, 0.25) is 5.02 Å². The summed E-state index contributed by atoms with van der Waals surface area (Å²) in [4.78, 5) is 28.5. The summed E-state index contributed by atoms with van der Waals surface area (Å²) in [5, 5.41) is 0.590. The van der Waals surface area contributed by atoms with Gasteiger partial charge in [0.05, 0.1) is 23.6 Å². The zero-order valence-corrected chi connectivity index (χ0v) is 17.8. The van der Waals surface area contributed by atoms with Crippen molar-refractivity contribution in [3.63, 3.8) is 0 Å². The molecule has 5 nitrogen and oxygen atoms in total. The Balaban J connectivity index is 1.66. The van der Waals surface area contributed by atoms with E-state index in [0.717, 1.165) is 31.2 Å². The van der Waals surface area contributed by atoms with Gasteiger partial charge in [-0.2, -0.15) is 0 Å². The molecule has 0 radical (unpaired) electrons. The number of carbonyl (C=O) groups is 2. The summed E-state index contributed by atoms with van der Waals surface area (Å²) in [6.45, 7) is 5.05. The predicted molar refractivity (Wildman–Crippen MR) is 110 cm³/mol. The molecule has 0 saturated heterocycles. The molecule has 1 fully saturated rings. The first-order valence-electron chi connectivity index (χ1n) is 10.6. The molecule has 0 spiro atoms. The van der Waals surface area contributed by atoms with Crippen molar-refractivity contribution in [3.05, 3.63) is 46.2 Å². The highest BCUT2D eigenvalue weighted by Crippen LogP contribution is 2.46. The molecule has 0 N–H and O–H groups in total. The Kier molecular flexibility index (Phi) is 5.98. The van der Waals surface area contributed by atoms with E-state index in [-0.39, 0.29) is 35.6 Å². The SMILES string of the molecule is CC(C)OCCCN1C(=O)C2=C(C(=O)C3CCCCC3O2)C1c1cccc(Cl)c1. The van der Waals surface area contributed by atoms with Gasteiger partial charge in [0.15, 0.2) is 11.5 Å². The van der Waals surface area contributed by atoms with Crippen LogP contribution >= 0.6 is 11.6 Å². The normalized spacial score (nSPS) is 26.6. The maximum atomic E-state index is 13.4. The molecule has 156 valence electrons. The number of fused-ring (bicyclic) bond motifs is 1. The van der Waals surface area contributed by atoms with Crippen molar-refractivity contribution in [2.75, 3.05) is 13.2 Å². The van der Waals surface area contributed by atoms with Crippen molar-refractivity contribution in [1.29, 1.82) is 0 Å². The van der Waals surface area contributed by atoms with Crippen LogP contribution in [0.1, 0.15) is 57.6 Å². The number of ketones is 1. The summed E-state index contributed by atoms with van der Waals surface area (Å²) in [6.07, 6.45) is 4.42. The van der Waals surface area contributed by atoms with Crippen LogP contribution in [0, 0.1) is 5.92 Å². The van der Waals surface area contributed by atoms with Gasteiger partial charge in [0.1, 0.15) is 6.10 Å². The molecule has 6 heteroatoms. The Morgan fingerprint density at radius 1 is 1.24 bits per heavy atom. The average molecular weight is 418 g/mol. The van der Waals surface area contributed by atoms with Crippen LogP contribution in [0.15, 0.2) is 35.6 Å². The second kappa shape index (κ2) is 8.49. The molecule has 4 rings (SSSR count). The number of hydrogen-bond donors (Lipinski definition) is 0. The van der Waals surface area contributed by atoms with E-state index in [4.69, 9.17) is 21.1 Å². The topological polar surface area (TPSA) is 55.8 Å². The van der Waals surface area contributed by atoms with E-state index in [1.807, 2.05) is 32.0 Å². The fourth-order valence-electron chi connectivity index (χ4n) is 4.70. The van der Waals surface area contributed by atoms with Gasteiger partial charge < -0.3 is 14.4 Å². The van der Waals surface area contributed by atoms with Crippen LogP contribution in [-0.2, 0) is 19.1 Å². The van der Waals surface area contributed by atoms with Gasteiger partial charge in [-0.25, -0.2) is 0 Å². The molecule has 3 aliphatic rings. The number of Topliss-reactive ketones (excluding diaryl/α,β-unsaturated/α-hetero) is 1. The van der Waals surface area contributed by atoms with Crippen LogP contribution < -0.4 is 0 Å². The first kappa shape index (κ1) is 20.4. The smallest absolute Gasteiger partial charge is 0.290 e. The van der Waals surface area contributed by atoms with E-state index in [1.54, 1.807) is 11.0 Å². The van der Waals surface area contributed by atoms with Gasteiger partial charge in [0, 0.05) is 18.2 Å². The van der Waals surface area contributed by atoms with E-state index in [2.05, 4.69) is 0 Å². The lowest BCUT2D eigenvalue weighted by molar-refractivity contribution is -0.135. The minimum Gasteiger partial charge on any atom is -0.483 e. The largest absolute Gasteiger partial charge is 0.483 e. The van der Waals surface area contributed by atoms with Crippen LogP contribution in [0.3, 0.4) is 0 Å². The van der Waals surface area contributed by atoms with Crippen LogP contribution in [-0.4, -0.2) is 41.9 Å². The first-order valence-corrected chi connectivity index (χ1v) is 11.0. The van der Waals surface area contributed by atoms with E-state index in [0.29, 0.717) is 30.2 Å². The zero-order valence-electron chi connectivity index (χ0n) is 17.0. The molecule has 3 unspecified atom stereocenters. The fourth-order valence-corrected chi connectivity index (χ4v) is 4.90. The van der Waals surface area contributed by atoms with Crippen molar-refractivity contribution < 1.29 is 19.1 Å². The number of halogens is 1. The minimum absolute atomic E-state index is 0.0789. The van der Waals surface area contributed by atoms with Gasteiger partial charge in [0.25, 0.3) is 5.91 Å². The second-order valence-electron chi connectivity index (χ2n) is 8.38. The molecular weight excluding hydrogens is 390 g/mol. The lowest BCUT2D eigenvalue weighted by Crippen LogP contribution is -2.39. The highest BCUT2D eigenvalue weighted by molar-refractivity contribution is 6.30. The third-order valence-corrected chi connectivity index (χ3v) is 6.25. The number of benzene rings is 1. The third-order valence-electron chi connectivity index (χ3n) is 6.02. The average Bonchev–Trinajstić information content (AvgIpc) is 2.98. The molecule has 0 bridgehead atoms. The maximum absolute atomic E-state index is 13.4. The highest BCUT2D eigenvalue weighted by atomic mass is 35.5. The molecule has 1 aromatic carbocycles. The highest BCUT2D eigenvalue weighted by Gasteiger charge is 2.51.